The van der Waals surface area contributed by atoms with E-state index in [2.05, 4.69) is 12.2 Å². The van der Waals surface area contributed by atoms with Crippen LogP contribution in [0.4, 0.5) is 8.78 Å². The number of pyridine rings is 1. The van der Waals surface area contributed by atoms with Gasteiger partial charge in [0, 0.05) is 29.9 Å². The summed E-state index contributed by atoms with van der Waals surface area (Å²) in [5.41, 5.74) is -1.79. The van der Waals surface area contributed by atoms with Gasteiger partial charge >= 0.3 is 0 Å². The van der Waals surface area contributed by atoms with Crippen molar-refractivity contribution in [3.63, 3.8) is 0 Å². The molecule has 0 radical (unpaired) electrons. The van der Waals surface area contributed by atoms with E-state index in [1.54, 1.807) is 4.90 Å². The van der Waals surface area contributed by atoms with E-state index in [1.165, 1.54) is 16.8 Å². The van der Waals surface area contributed by atoms with Crippen LogP contribution in [-0.4, -0.2) is 44.3 Å². The molecule has 2 amide bonds. The molecule has 178 valence electrons. The quantitative estimate of drug-likeness (QED) is 0.715. The van der Waals surface area contributed by atoms with Gasteiger partial charge in [-0.2, -0.15) is 0 Å². The Morgan fingerprint density at radius 1 is 1.26 bits per heavy atom. The zero-order valence-corrected chi connectivity index (χ0v) is 18.4. The predicted molar refractivity (Wildman–Crippen MR) is 114 cm³/mol. The smallest absolute Gasteiger partial charge is 0.277 e. The summed E-state index contributed by atoms with van der Waals surface area (Å²) >= 11 is 0. The van der Waals surface area contributed by atoms with E-state index in [0.29, 0.717) is 17.9 Å². The number of aromatic nitrogens is 1. The molecule has 5 atom stereocenters. The van der Waals surface area contributed by atoms with Crippen molar-refractivity contribution >= 4 is 11.8 Å². The number of hydrogen-bond acceptors (Lipinski definition) is 5. The molecule has 6 rings (SSSR count). The summed E-state index contributed by atoms with van der Waals surface area (Å²) in [6.45, 7) is 2.06. The van der Waals surface area contributed by atoms with Crippen LogP contribution in [0.25, 0.3) is 0 Å². The van der Waals surface area contributed by atoms with Gasteiger partial charge in [-0.1, -0.05) is 13.0 Å². The number of carbonyl (C=O) groups is 2. The molecule has 8 nitrogen and oxygen atoms in total. The van der Waals surface area contributed by atoms with Crippen molar-refractivity contribution in [2.24, 2.45) is 11.8 Å². The highest BCUT2D eigenvalue weighted by Crippen LogP contribution is 2.59. The lowest BCUT2D eigenvalue weighted by molar-refractivity contribution is -0.182. The number of benzene rings is 1. The van der Waals surface area contributed by atoms with Crippen LogP contribution in [0.1, 0.15) is 52.6 Å². The number of fused-ring (bicyclic) bond motifs is 5. The van der Waals surface area contributed by atoms with Gasteiger partial charge in [0.05, 0.1) is 12.6 Å². The number of aromatic hydroxyl groups is 1. The fraction of sp³-hybridized carbons (Fsp3) is 0.458. The molecule has 1 aromatic carbocycles. The van der Waals surface area contributed by atoms with Crippen LogP contribution in [0.2, 0.25) is 0 Å². The number of nitrogens with zero attached hydrogens (tertiary/aromatic N) is 2. The van der Waals surface area contributed by atoms with Crippen molar-refractivity contribution in [1.29, 1.82) is 0 Å². The maximum absolute atomic E-state index is 13.9. The Morgan fingerprint density at radius 3 is 2.82 bits per heavy atom. The third-order valence-electron chi connectivity index (χ3n) is 7.97. The lowest BCUT2D eigenvalue weighted by atomic mass is 9.82. The van der Waals surface area contributed by atoms with Gasteiger partial charge in [-0.15, -0.1) is 0 Å². The van der Waals surface area contributed by atoms with E-state index >= 15 is 0 Å². The maximum atomic E-state index is 13.9. The second-order valence-electron chi connectivity index (χ2n) is 9.92. The lowest BCUT2D eigenvalue weighted by Crippen LogP contribution is -2.64. The second-order valence-corrected chi connectivity index (χ2v) is 9.92. The highest BCUT2D eigenvalue weighted by molar-refractivity contribution is 5.99. The van der Waals surface area contributed by atoms with E-state index in [9.17, 15) is 28.3 Å². The minimum Gasteiger partial charge on any atom is -0.503 e. The fourth-order valence-corrected chi connectivity index (χ4v) is 6.55. The number of ether oxygens (including phenoxy) is 1. The molecule has 1 spiro atoms. The Kier molecular flexibility index (Phi) is 4.45. The van der Waals surface area contributed by atoms with Crippen molar-refractivity contribution < 1.29 is 28.2 Å². The van der Waals surface area contributed by atoms with Crippen molar-refractivity contribution in [2.75, 3.05) is 0 Å². The standard InChI is InChI=1S/C24H23F2N3O5/c1-11-5-24-6-14(11)17(7-24)34-18-10-28-9-15(20(30)21(31)19(28)23(33)29(18)24)22(32)27-8-12-2-3-13(25)4-16(12)26/h2-4,9,11,14,17-18,31H,5-8,10H2,1H3,(H,27,32)/t11-,14+,17?,18+,24?/m1/s1. The van der Waals surface area contributed by atoms with Gasteiger partial charge < -0.3 is 24.6 Å². The molecular formula is C24H23F2N3O5. The van der Waals surface area contributed by atoms with Gasteiger partial charge in [0.1, 0.15) is 17.2 Å². The Bertz CT molecular complexity index is 1310. The molecule has 4 aliphatic rings. The Morgan fingerprint density at radius 2 is 2.06 bits per heavy atom. The Labute approximate surface area is 193 Å². The SMILES string of the molecule is C[C@@H]1CC23CC(O[C@H]4Cn5cc(C(=O)NCc6ccc(F)cc6F)c(=O)c(O)c5C(=O)N42)[C@H]1C3. The third-order valence-corrected chi connectivity index (χ3v) is 7.97. The van der Waals surface area contributed by atoms with Crippen LogP contribution >= 0.6 is 0 Å². The second kappa shape index (κ2) is 7.11. The topological polar surface area (TPSA) is 101 Å². The first-order chi connectivity index (χ1) is 16.2. The van der Waals surface area contributed by atoms with Crippen molar-refractivity contribution in [1.82, 2.24) is 14.8 Å². The molecule has 1 aromatic heterocycles. The first-order valence-electron chi connectivity index (χ1n) is 11.4. The monoisotopic (exact) mass is 471 g/mol. The normalized spacial score (nSPS) is 30.8. The Hall–Kier alpha value is -3.27. The summed E-state index contributed by atoms with van der Waals surface area (Å²) in [7, 11) is 0. The van der Waals surface area contributed by atoms with Crippen molar-refractivity contribution in [2.45, 2.75) is 57.1 Å². The number of hydrogen-bond donors (Lipinski definition) is 2. The third kappa shape index (κ3) is 2.87. The van der Waals surface area contributed by atoms with Crippen LogP contribution in [0.5, 0.6) is 5.75 Å². The number of halogens is 2. The van der Waals surface area contributed by atoms with Gasteiger partial charge in [-0.3, -0.25) is 14.4 Å². The van der Waals surface area contributed by atoms with Crippen LogP contribution in [0.15, 0.2) is 29.2 Å². The molecule has 2 unspecified atom stereocenters. The average molecular weight is 471 g/mol. The van der Waals surface area contributed by atoms with Gasteiger partial charge in [-0.05, 0) is 37.2 Å². The summed E-state index contributed by atoms with van der Waals surface area (Å²) in [5.74, 6) is -2.87. The predicted octanol–water partition coefficient (Wildman–Crippen LogP) is 2.13. The van der Waals surface area contributed by atoms with E-state index in [-0.39, 0.29) is 41.6 Å². The van der Waals surface area contributed by atoms with Gasteiger partial charge in [0.25, 0.3) is 11.8 Å². The molecule has 2 aliphatic carbocycles. The molecule has 3 fully saturated rings. The molecule has 2 N–H and O–H groups in total. The number of nitrogens with one attached hydrogen (secondary N) is 1. The average Bonchev–Trinajstić information content (AvgIpc) is 3.25. The summed E-state index contributed by atoms with van der Waals surface area (Å²) in [6, 6.07) is 2.95. The molecular weight excluding hydrogens is 448 g/mol. The number of rotatable bonds is 3. The molecule has 2 aromatic rings. The van der Waals surface area contributed by atoms with Crippen LogP contribution in [0.3, 0.4) is 0 Å². The van der Waals surface area contributed by atoms with Crippen molar-refractivity contribution in [3.8, 4) is 5.75 Å². The fourth-order valence-electron chi connectivity index (χ4n) is 6.55. The van der Waals surface area contributed by atoms with Crippen LogP contribution < -0.4 is 10.7 Å². The summed E-state index contributed by atoms with van der Waals surface area (Å²) in [6.07, 6.45) is 3.25. The van der Waals surface area contributed by atoms with E-state index in [4.69, 9.17) is 4.74 Å². The molecule has 1 saturated heterocycles. The summed E-state index contributed by atoms with van der Waals surface area (Å²) in [5, 5.41) is 13.1. The molecule has 34 heavy (non-hydrogen) atoms. The zero-order chi connectivity index (χ0) is 23.9. The first-order valence-corrected chi connectivity index (χ1v) is 11.4. The zero-order valence-electron chi connectivity index (χ0n) is 18.4. The van der Waals surface area contributed by atoms with Gasteiger partial charge in [0.2, 0.25) is 5.43 Å². The molecule has 2 saturated carbocycles. The molecule has 3 bridgehead atoms. The molecule has 3 heterocycles. The number of carbonyl (C=O) groups excluding carboxylic acids is 2. The maximum Gasteiger partial charge on any atom is 0.277 e. The van der Waals surface area contributed by atoms with Crippen molar-refractivity contribution in [3.05, 3.63) is 63.1 Å². The van der Waals surface area contributed by atoms with Crippen LogP contribution in [0, 0.1) is 23.5 Å². The van der Waals surface area contributed by atoms with Gasteiger partial charge in [0.15, 0.2) is 17.7 Å². The highest BCUT2D eigenvalue weighted by atomic mass is 19.1. The van der Waals surface area contributed by atoms with Crippen LogP contribution in [-0.2, 0) is 17.8 Å². The minimum absolute atomic E-state index is 0.0393. The highest BCUT2D eigenvalue weighted by Gasteiger charge is 2.64. The van der Waals surface area contributed by atoms with E-state index in [1.807, 2.05) is 0 Å². The van der Waals surface area contributed by atoms with E-state index in [0.717, 1.165) is 25.3 Å². The van der Waals surface area contributed by atoms with E-state index < -0.39 is 40.9 Å². The Balaban J connectivity index is 1.31. The lowest BCUT2D eigenvalue weighted by Gasteiger charge is -2.53. The summed E-state index contributed by atoms with van der Waals surface area (Å²) < 4.78 is 34.6. The molecule has 2 aliphatic heterocycles. The first kappa shape index (κ1) is 21.3. The minimum atomic E-state index is -0.979. The van der Waals surface area contributed by atoms with Gasteiger partial charge in [-0.25, -0.2) is 8.78 Å². The summed E-state index contributed by atoms with van der Waals surface area (Å²) in [4.78, 5) is 40.8. The largest absolute Gasteiger partial charge is 0.503 e. The number of amides is 2. The molecule has 10 heteroatoms.